The number of fused-ring (bicyclic) bond motifs is 1. The van der Waals surface area contributed by atoms with E-state index in [1.54, 1.807) is 30.5 Å². The van der Waals surface area contributed by atoms with Crippen molar-refractivity contribution < 1.29 is 14.5 Å². The molecule has 0 bridgehead atoms. The number of nitro groups is 1. The molecule has 22 heavy (non-hydrogen) atoms. The van der Waals surface area contributed by atoms with Crippen LogP contribution >= 0.6 is 0 Å². The molecule has 0 aliphatic carbocycles. The second-order valence-electron chi connectivity index (χ2n) is 4.50. The van der Waals surface area contributed by atoms with Gasteiger partial charge in [0.1, 0.15) is 11.1 Å². The van der Waals surface area contributed by atoms with Gasteiger partial charge in [0.15, 0.2) is 5.75 Å². The van der Waals surface area contributed by atoms with Crippen molar-refractivity contribution in [1.82, 2.24) is 4.98 Å². The van der Waals surface area contributed by atoms with E-state index >= 15 is 0 Å². The van der Waals surface area contributed by atoms with Gasteiger partial charge in [-0.3, -0.25) is 15.1 Å². The van der Waals surface area contributed by atoms with Crippen molar-refractivity contribution in [2.24, 2.45) is 0 Å². The molecule has 1 aromatic heterocycles. The minimum atomic E-state index is -0.787. The first-order valence-corrected chi connectivity index (χ1v) is 6.46. The molecule has 0 saturated heterocycles. The zero-order valence-electron chi connectivity index (χ0n) is 11.3. The SMILES string of the molecule is O=C(Oc1cccc2cccnc12)c1ccccc1[N+](=O)[O-]. The van der Waals surface area contributed by atoms with E-state index in [1.807, 2.05) is 12.1 Å². The highest BCUT2D eigenvalue weighted by molar-refractivity contribution is 5.97. The van der Waals surface area contributed by atoms with Crippen LogP contribution < -0.4 is 4.74 Å². The first-order chi connectivity index (χ1) is 10.7. The fourth-order valence-corrected chi connectivity index (χ4v) is 2.12. The summed E-state index contributed by atoms with van der Waals surface area (Å²) in [6, 6.07) is 14.4. The summed E-state index contributed by atoms with van der Waals surface area (Å²) in [5.41, 5.74) is 0.137. The molecule has 0 atom stereocenters. The zero-order chi connectivity index (χ0) is 15.5. The van der Waals surface area contributed by atoms with Crippen LogP contribution in [0.15, 0.2) is 60.8 Å². The maximum atomic E-state index is 12.2. The van der Waals surface area contributed by atoms with E-state index in [0.717, 1.165) is 5.39 Å². The lowest BCUT2D eigenvalue weighted by Gasteiger charge is -2.07. The van der Waals surface area contributed by atoms with Crippen molar-refractivity contribution in [3.63, 3.8) is 0 Å². The highest BCUT2D eigenvalue weighted by Crippen LogP contribution is 2.25. The van der Waals surface area contributed by atoms with Gasteiger partial charge in [-0.2, -0.15) is 0 Å². The van der Waals surface area contributed by atoms with Crippen LogP contribution in [0, 0.1) is 10.1 Å². The summed E-state index contributed by atoms with van der Waals surface area (Å²) >= 11 is 0. The number of ether oxygens (including phenoxy) is 1. The maximum absolute atomic E-state index is 12.2. The Morgan fingerprint density at radius 1 is 1.05 bits per heavy atom. The third-order valence-corrected chi connectivity index (χ3v) is 3.12. The summed E-state index contributed by atoms with van der Waals surface area (Å²) in [6.07, 6.45) is 1.59. The largest absolute Gasteiger partial charge is 0.420 e. The molecule has 0 unspecified atom stereocenters. The van der Waals surface area contributed by atoms with Crippen molar-refractivity contribution >= 4 is 22.6 Å². The molecule has 0 N–H and O–H groups in total. The fourth-order valence-electron chi connectivity index (χ4n) is 2.12. The summed E-state index contributed by atoms with van der Waals surface area (Å²) in [4.78, 5) is 26.8. The number of rotatable bonds is 3. The Morgan fingerprint density at radius 2 is 1.82 bits per heavy atom. The number of esters is 1. The number of aromatic nitrogens is 1. The number of nitrogens with zero attached hydrogens (tertiary/aromatic N) is 2. The molecule has 0 saturated carbocycles. The van der Waals surface area contributed by atoms with Crippen LogP contribution in [-0.2, 0) is 0 Å². The number of carbonyl (C=O) groups excluding carboxylic acids is 1. The number of benzene rings is 2. The summed E-state index contributed by atoms with van der Waals surface area (Å²) in [6.45, 7) is 0. The number of nitro benzene ring substituents is 1. The van der Waals surface area contributed by atoms with E-state index in [4.69, 9.17) is 4.74 Å². The molecular formula is C16H10N2O4. The number of para-hydroxylation sites is 2. The van der Waals surface area contributed by atoms with E-state index in [0.29, 0.717) is 5.52 Å². The predicted octanol–water partition coefficient (Wildman–Crippen LogP) is 3.36. The van der Waals surface area contributed by atoms with E-state index in [2.05, 4.69) is 4.98 Å². The molecule has 2 aromatic carbocycles. The van der Waals surface area contributed by atoms with Crippen LogP contribution in [0.1, 0.15) is 10.4 Å². The highest BCUT2D eigenvalue weighted by atomic mass is 16.6. The topological polar surface area (TPSA) is 82.3 Å². The van der Waals surface area contributed by atoms with Crippen LogP contribution in [-0.4, -0.2) is 15.9 Å². The molecule has 0 fully saturated rings. The summed E-state index contributed by atoms with van der Waals surface area (Å²) < 4.78 is 5.30. The van der Waals surface area contributed by atoms with Gasteiger partial charge in [0.25, 0.3) is 5.69 Å². The lowest BCUT2D eigenvalue weighted by atomic mass is 10.2. The van der Waals surface area contributed by atoms with Crippen LogP contribution in [0.4, 0.5) is 5.69 Å². The van der Waals surface area contributed by atoms with E-state index < -0.39 is 10.9 Å². The van der Waals surface area contributed by atoms with Gasteiger partial charge in [0.05, 0.1) is 4.92 Å². The lowest BCUT2D eigenvalue weighted by molar-refractivity contribution is -0.385. The Labute approximate surface area is 125 Å². The molecule has 3 aromatic rings. The Balaban J connectivity index is 1.99. The quantitative estimate of drug-likeness (QED) is 0.320. The Morgan fingerprint density at radius 3 is 2.64 bits per heavy atom. The van der Waals surface area contributed by atoms with Crippen molar-refractivity contribution in [1.29, 1.82) is 0 Å². The zero-order valence-corrected chi connectivity index (χ0v) is 11.3. The lowest BCUT2D eigenvalue weighted by Crippen LogP contribution is -2.11. The van der Waals surface area contributed by atoms with Crippen LogP contribution in [0.2, 0.25) is 0 Å². The standard InChI is InChI=1S/C16H10N2O4/c19-16(12-7-1-2-8-13(12)18(20)21)22-14-9-3-5-11-6-4-10-17-15(11)14/h1-10H. The van der Waals surface area contributed by atoms with Gasteiger partial charge >= 0.3 is 5.97 Å². The summed E-state index contributed by atoms with van der Waals surface area (Å²) in [7, 11) is 0. The van der Waals surface area contributed by atoms with Crippen LogP contribution in [0.25, 0.3) is 10.9 Å². The number of hydrogen-bond donors (Lipinski definition) is 0. The molecule has 0 amide bonds. The Kier molecular flexibility index (Phi) is 3.49. The minimum Gasteiger partial charge on any atom is -0.420 e. The van der Waals surface area contributed by atoms with Crippen molar-refractivity contribution in [3.05, 3.63) is 76.5 Å². The molecule has 0 aliphatic rings. The number of carbonyl (C=O) groups is 1. The molecule has 1 heterocycles. The summed E-state index contributed by atoms with van der Waals surface area (Å²) in [5.74, 6) is -0.522. The Hall–Kier alpha value is -3.28. The first kappa shape index (κ1) is 13.7. The van der Waals surface area contributed by atoms with Gasteiger partial charge in [0, 0.05) is 17.6 Å². The second kappa shape index (κ2) is 5.61. The molecule has 108 valence electrons. The molecule has 0 radical (unpaired) electrons. The highest BCUT2D eigenvalue weighted by Gasteiger charge is 2.21. The first-order valence-electron chi connectivity index (χ1n) is 6.46. The number of pyridine rings is 1. The summed E-state index contributed by atoms with van der Waals surface area (Å²) in [5, 5.41) is 11.8. The molecule has 0 aliphatic heterocycles. The molecule has 6 nitrogen and oxygen atoms in total. The average molecular weight is 294 g/mol. The normalized spacial score (nSPS) is 10.4. The molecule has 6 heteroatoms. The van der Waals surface area contributed by atoms with Gasteiger partial charge in [-0.1, -0.05) is 30.3 Å². The average Bonchev–Trinajstić information content (AvgIpc) is 2.55. The van der Waals surface area contributed by atoms with Crippen LogP contribution in [0.5, 0.6) is 5.75 Å². The van der Waals surface area contributed by atoms with Crippen molar-refractivity contribution in [2.45, 2.75) is 0 Å². The third kappa shape index (κ3) is 2.49. The predicted molar refractivity (Wildman–Crippen MR) is 79.8 cm³/mol. The van der Waals surface area contributed by atoms with Gasteiger partial charge < -0.3 is 4.74 Å². The van der Waals surface area contributed by atoms with E-state index in [9.17, 15) is 14.9 Å². The number of hydrogen-bond acceptors (Lipinski definition) is 5. The van der Waals surface area contributed by atoms with E-state index in [1.165, 1.54) is 18.2 Å². The van der Waals surface area contributed by atoms with E-state index in [-0.39, 0.29) is 17.0 Å². The van der Waals surface area contributed by atoms with Crippen LogP contribution in [0.3, 0.4) is 0 Å². The van der Waals surface area contributed by atoms with Gasteiger partial charge in [-0.25, -0.2) is 4.79 Å². The van der Waals surface area contributed by atoms with Gasteiger partial charge in [0.2, 0.25) is 0 Å². The van der Waals surface area contributed by atoms with Crippen molar-refractivity contribution in [2.75, 3.05) is 0 Å². The molecular weight excluding hydrogens is 284 g/mol. The fraction of sp³-hybridized carbons (Fsp3) is 0. The monoisotopic (exact) mass is 294 g/mol. The second-order valence-corrected chi connectivity index (χ2v) is 4.50. The smallest absolute Gasteiger partial charge is 0.350 e. The maximum Gasteiger partial charge on any atom is 0.350 e. The van der Waals surface area contributed by atoms with Gasteiger partial charge in [-0.05, 0) is 18.2 Å². The van der Waals surface area contributed by atoms with Gasteiger partial charge in [-0.15, -0.1) is 0 Å². The Bertz CT molecular complexity index is 871. The molecule has 3 rings (SSSR count). The molecule has 0 spiro atoms. The third-order valence-electron chi connectivity index (χ3n) is 3.12. The van der Waals surface area contributed by atoms with Crippen molar-refractivity contribution in [3.8, 4) is 5.75 Å². The minimum absolute atomic E-state index is 0.0968.